The fourth-order valence-corrected chi connectivity index (χ4v) is 0.940. The van der Waals surface area contributed by atoms with Crippen LogP contribution in [0.25, 0.3) is 11.2 Å². The van der Waals surface area contributed by atoms with E-state index in [-0.39, 0.29) is 10.7 Å². The van der Waals surface area contributed by atoms with Crippen molar-refractivity contribution < 1.29 is 10.1 Å². The molecule has 0 radical (unpaired) electrons. The molecule has 0 amide bonds. The number of imidazole rings is 1. The van der Waals surface area contributed by atoms with E-state index in [9.17, 15) is 5.21 Å². The van der Waals surface area contributed by atoms with Crippen LogP contribution in [0.1, 0.15) is 0 Å². The Hall–Kier alpha value is -2.25. The average Bonchev–Trinajstić information content (AvgIpc) is 2.63. The van der Waals surface area contributed by atoms with Crippen molar-refractivity contribution in [2.75, 3.05) is 0 Å². The number of fused-ring (bicyclic) bond motifs is 1. The van der Waals surface area contributed by atoms with Crippen molar-refractivity contribution in [3.8, 4) is 0 Å². The highest BCUT2D eigenvalue weighted by Gasteiger charge is 2.14. The number of hydrogen-bond donors (Lipinski definition) is 2. The SMILES string of the molecule is [O-]/[N+](=N\O)c1ncnc2nc[nH]c12. The maximum absolute atomic E-state index is 10.9. The molecule has 2 rings (SSSR count). The number of nitrogens with zero attached hydrogens (tertiary/aromatic N) is 5. The molecule has 0 fully saturated rings. The summed E-state index contributed by atoms with van der Waals surface area (Å²) in [7, 11) is 0. The average molecular weight is 180 g/mol. The fraction of sp³-hybridized carbons (Fsp3) is 0. The molecule has 2 aromatic rings. The lowest BCUT2D eigenvalue weighted by atomic mass is 10.5. The van der Waals surface area contributed by atoms with Gasteiger partial charge >= 0.3 is 5.82 Å². The van der Waals surface area contributed by atoms with Gasteiger partial charge in [-0.2, -0.15) is 4.98 Å². The van der Waals surface area contributed by atoms with Crippen LogP contribution in [0, 0.1) is 5.21 Å². The van der Waals surface area contributed by atoms with Gasteiger partial charge in [0, 0.05) is 0 Å². The highest BCUT2D eigenvalue weighted by atomic mass is 16.6. The molecule has 0 aliphatic carbocycles. The largest absolute Gasteiger partial charge is 0.688 e. The minimum absolute atomic E-state index is 0.0256. The van der Waals surface area contributed by atoms with Crippen molar-refractivity contribution in [1.82, 2.24) is 19.9 Å². The summed E-state index contributed by atoms with van der Waals surface area (Å²) in [6.07, 6.45) is 2.53. The lowest BCUT2D eigenvalue weighted by Gasteiger charge is -1.97. The topological polar surface area (TPSA) is 113 Å². The van der Waals surface area contributed by atoms with E-state index in [4.69, 9.17) is 5.21 Å². The maximum Gasteiger partial charge on any atom is 0.379 e. The minimum atomic E-state index is -0.0787. The maximum atomic E-state index is 10.9. The molecular weight excluding hydrogens is 176 g/mol. The van der Waals surface area contributed by atoms with Crippen molar-refractivity contribution in [1.29, 1.82) is 0 Å². The quantitative estimate of drug-likeness (QED) is 0.373. The van der Waals surface area contributed by atoms with Crippen LogP contribution >= 0.6 is 0 Å². The van der Waals surface area contributed by atoms with Gasteiger partial charge in [0.25, 0.3) is 0 Å². The predicted octanol–water partition coefficient (Wildman–Crippen LogP) is 0.336. The number of rotatable bonds is 1. The zero-order chi connectivity index (χ0) is 9.26. The van der Waals surface area contributed by atoms with E-state index in [1.165, 1.54) is 6.33 Å². The van der Waals surface area contributed by atoms with Crippen molar-refractivity contribution >= 4 is 17.0 Å². The van der Waals surface area contributed by atoms with Crippen LogP contribution in [0.4, 0.5) is 5.82 Å². The number of aromatic nitrogens is 4. The molecule has 0 unspecified atom stereocenters. The van der Waals surface area contributed by atoms with Crippen LogP contribution in [-0.2, 0) is 0 Å². The summed E-state index contributed by atoms with van der Waals surface area (Å²) in [6, 6.07) is 0. The van der Waals surface area contributed by atoms with Gasteiger partial charge in [0.2, 0.25) is 6.33 Å². The van der Waals surface area contributed by atoms with Crippen LogP contribution in [-0.4, -0.2) is 30.0 Å². The second-order valence-corrected chi connectivity index (χ2v) is 2.16. The summed E-state index contributed by atoms with van der Waals surface area (Å²) in [5, 5.41) is 21.5. The molecule has 13 heavy (non-hydrogen) atoms. The first-order valence-electron chi connectivity index (χ1n) is 3.29. The van der Waals surface area contributed by atoms with E-state index >= 15 is 0 Å². The van der Waals surface area contributed by atoms with Gasteiger partial charge in [0.15, 0.2) is 11.2 Å². The van der Waals surface area contributed by atoms with Crippen molar-refractivity contribution in [3.05, 3.63) is 17.9 Å². The zero-order valence-corrected chi connectivity index (χ0v) is 6.25. The van der Waals surface area contributed by atoms with Crippen LogP contribution in [0.15, 0.2) is 17.9 Å². The third-order valence-corrected chi connectivity index (χ3v) is 1.47. The number of hydrogen-bond acceptors (Lipinski definition) is 5. The summed E-state index contributed by atoms with van der Waals surface area (Å²) in [6.45, 7) is 0. The van der Waals surface area contributed by atoms with Gasteiger partial charge in [0.1, 0.15) is 5.28 Å². The predicted molar refractivity (Wildman–Crippen MR) is 39.2 cm³/mol. The van der Waals surface area contributed by atoms with Gasteiger partial charge in [-0.25, -0.2) is 4.98 Å². The molecule has 0 aliphatic rings. The fourth-order valence-electron chi connectivity index (χ4n) is 0.940. The molecule has 2 N–H and O–H groups in total. The number of H-pyrrole nitrogens is 1. The Labute approximate surface area is 71.1 Å². The van der Waals surface area contributed by atoms with Gasteiger partial charge < -0.3 is 15.4 Å². The Kier molecular flexibility index (Phi) is 1.51. The molecule has 0 aromatic carbocycles. The first-order valence-corrected chi connectivity index (χ1v) is 3.29. The Morgan fingerprint density at radius 2 is 2.31 bits per heavy atom. The molecular formula is C5H4N6O2. The van der Waals surface area contributed by atoms with Gasteiger partial charge in [-0.3, -0.25) is 0 Å². The Balaban J connectivity index is 2.75. The van der Waals surface area contributed by atoms with E-state index in [0.717, 1.165) is 6.33 Å². The minimum Gasteiger partial charge on any atom is -0.688 e. The Morgan fingerprint density at radius 3 is 3.08 bits per heavy atom. The number of aromatic amines is 1. The van der Waals surface area contributed by atoms with Crippen LogP contribution in [0.3, 0.4) is 0 Å². The highest BCUT2D eigenvalue weighted by Crippen LogP contribution is 2.16. The highest BCUT2D eigenvalue weighted by molar-refractivity contribution is 5.77. The summed E-state index contributed by atoms with van der Waals surface area (Å²) >= 11 is 0. The molecule has 0 saturated carbocycles. The standard InChI is InChI=1S/C5H4N6O2/c12-10-11(13)5-3-4(7-1-6-3)8-2-9-5/h1-2,12H,(H,6,7,8,9)/b11-10-. The van der Waals surface area contributed by atoms with Gasteiger partial charge in [-0.05, 0) is 4.98 Å². The monoisotopic (exact) mass is 180 g/mol. The van der Waals surface area contributed by atoms with Crippen molar-refractivity contribution in [2.45, 2.75) is 0 Å². The second-order valence-electron chi connectivity index (χ2n) is 2.16. The Bertz CT molecular complexity index is 463. The Morgan fingerprint density at radius 1 is 1.46 bits per heavy atom. The molecule has 0 spiro atoms. The molecule has 0 aliphatic heterocycles. The van der Waals surface area contributed by atoms with Gasteiger partial charge in [-0.1, -0.05) is 4.86 Å². The molecule has 66 valence electrons. The third-order valence-electron chi connectivity index (χ3n) is 1.47. The van der Waals surface area contributed by atoms with Crippen molar-refractivity contribution in [3.63, 3.8) is 0 Å². The lowest BCUT2D eigenvalue weighted by molar-refractivity contribution is -0.476. The first-order chi connectivity index (χ1) is 6.33. The van der Waals surface area contributed by atoms with Crippen LogP contribution in [0.2, 0.25) is 0 Å². The first kappa shape index (κ1) is 7.40. The smallest absolute Gasteiger partial charge is 0.379 e. The van der Waals surface area contributed by atoms with Gasteiger partial charge in [0.05, 0.1) is 6.33 Å². The van der Waals surface area contributed by atoms with Crippen LogP contribution < -0.4 is 0 Å². The van der Waals surface area contributed by atoms with E-state index in [1.807, 2.05) is 0 Å². The molecule has 0 saturated heterocycles. The molecule has 0 bridgehead atoms. The molecule has 8 heteroatoms. The van der Waals surface area contributed by atoms with Gasteiger partial charge in [-0.15, -0.1) is 0 Å². The second kappa shape index (κ2) is 2.66. The summed E-state index contributed by atoms with van der Waals surface area (Å²) in [5.74, 6) is -0.0787. The molecule has 2 aromatic heterocycles. The van der Waals surface area contributed by atoms with E-state index in [1.54, 1.807) is 0 Å². The van der Waals surface area contributed by atoms with Crippen molar-refractivity contribution in [2.24, 2.45) is 5.28 Å². The number of nitrogens with one attached hydrogen (secondary N) is 1. The molecule has 2 heterocycles. The molecule has 0 atom stereocenters. The summed E-state index contributed by atoms with van der Waals surface area (Å²) in [4.78, 5) is 13.8. The van der Waals surface area contributed by atoms with Crippen LogP contribution in [0.5, 0.6) is 0 Å². The zero-order valence-electron chi connectivity index (χ0n) is 6.25. The van der Waals surface area contributed by atoms with E-state index < -0.39 is 0 Å². The molecule has 8 nitrogen and oxygen atoms in total. The van der Waals surface area contributed by atoms with E-state index in [0.29, 0.717) is 11.2 Å². The summed E-state index contributed by atoms with van der Waals surface area (Å²) in [5.41, 5.74) is 0.671. The van der Waals surface area contributed by atoms with E-state index in [2.05, 4.69) is 25.2 Å². The third kappa shape index (κ3) is 1.04. The summed E-state index contributed by atoms with van der Waals surface area (Å²) < 4.78 is 0. The lowest BCUT2D eigenvalue weighted by Crippen LogP contribution is -1.96. The normalized spacial score (nSPS) is 12.2.